The summed E-state index contributed by atoms with van der Waals surface area (Å²) in [5.41, 5.74) is 1.07. The summed E-state index contributed by atoms with van der Waals surface area (Å²) in [6, 6.07) is 7.93. The van der Waals surface area contributed by atoms with E-state index in [-0.39, 0.29) is 18.0 Å². The highest BCUT2D eigenvalue weighted by atomic mass is 35.5. The van der Waals surface area contributed by atoms with Gasteiger partial charge in [-0.3, -0.25) is 4.79 Å². The number of rotatable bonds is 4. The first-order chi connectivity index (χ1) is 10.0. The smallest absolute Gasteiger partial charge is 0.251 e. The molecule has 6 heteroatoms. The van der Waals surface area contributed by atoms with Crippen molar-refractivity contribution in [1.82, 2.24) is 5.32 Å². The molecule has 0 saturated carbocycles. The number of anilines is 1. The fraction of sp³-hybridized carbons (Fsp3) is 0.133. The molecule has 21 heavy (non-hydrogen) atoms. The van der Waals surface area contributed by atoms with E-state index in [0.29, 0.717) is 16.3 Å². The van der Waals surface area contributed by atoms with Crippen molar-refractivity contribution in [1.29, 1.82) is 0 Å². The molecule has 2 aromatic carbocycles. The van der Waals surface area contributed by atoms with E-state index in [1.807, 2.05) is 0 Å². The van der Waals surface area contributed by atoms with Crippen molar-refractivity contribution in [2.24, 2.45) is 0 Å². The fourth-order valence-corrected chi connectivity index (χ4v) is 2.00. The summed E-state index contributed by atoms with van der Waals surface area (Å²) in [5.74, 6) is -1.28. The van der Waals surface area contributed by atoms with Crippen LogP contribution < -0.4 is 10.6 Å². The monoisotopic (exact) mass is 310 g/mol. The summed E-state index contributed by atoms with van der Waals surface area (Å²) in [6.07, 6.45) is 0. The van der Waals surface area contributed by atoms with Crippen LogP contribution in [-0.2, 0) is 6.54 Å². The van der Waals surface area contributed by atoms with Crippen LogP contribution in [0.5, 0.6) is 0 Å². The highest BCUT2D eigenvalue weighted by Gasteiger charge is 2.09. The molecule has 2 rings (SSSR count). The second-order valence-corrected chi connectivity index (χ2v) is 4.77. The second-order valence-electron chi connectivity index (χ2n) is 4.36. The third-order valence-corrected chi connectivity index (χ3v) is 3.26. The average Bonchev–Trinajstić information content (AvgIpc) is 2.48. The van der Waals surface area contributed by atoms with Gasteiger partial charge in [-0.2, -0.15) is 0 Å². The average molecular weight is 311 g/mol. The van der Waals surface area contributed by atoms with E-state index in [4.69, 9.17) is 11.6 Å². The van der Waals surface area contributed by atoms with Gasteiger partial charge in [0.1, 0.15) is 11.6 Å². The fourth-order valence-electron chi connectivity index (χ4n) is 1.82. The molecule has 0 fully saturated rings. The van der Waals surface area contributed by atoms with Gasteiger partial charge in [-0.25, -0.2) is 8.78 Å². The molecule has 3 nitrogen and oxygen atoms in total. The minimum absolute atomic E-state index is 0.0561. The van der Waals surface area contributed by atoms with Crippen molar-refractivity contribution >= 4 is 23.2 Å². The summed E-state index contributed by atoms with van der Waals surface area (Å²) in [6.45, 7) is 0.0561. The van der Waals surface area contributed by atoms with Gasteiger partial charge in [-0.1, -0.05) is 11.6 Å². The van der Waals surface area contributed by atoms with Crippen LogP contribution in [0, 0.1) is 11.6 Å². The number of amides is 1. The van der Waals surface area contributed by atoms with Crippen LogP contribution in [-0.4, -0.2) is 13.0 Å². The Bertz CT molecular complexity index is 677. The minimum atomic E-state index is -0.515. The van der Waals surface area contributed by atoms with Gasteiger partial charge in [0, 0.05) is 24.7 Å². The first-order valence-electron chi connectivity index (χ1n) is 6.20. The molecular formula is C15H13ClF2N2O. The highest BCUT2D eigenvalue weighted by molar-refractivity contribution is 6.33. The van der Waals surface area contributed by atoms with Crippen LogP contribution in [0.25, 0.3) is 0 Å². The summed E-state index contributed by atoms with van der Waals surface area (Å²) in [5, 5.41) is 5.79. The molecule has 0 radical (unpaired) electrons. The van der Waals surface area contributed by atoms with Crippen molar-refractivity contribution in [2.45, 2.75) is 6.54 Å². The third kappa shape index (κ3) is 3.70. The topological polar surface area (TPSA) is 41.1 Å². The number of carbonyl (C=O) groups excluding carboxylic acids is 1. The van der Waals surface area contributed by atoms with Gasteiger partial charge in [-0.05, 0) is 36.4 Å². The van der Waals surface area contributed by atoms with E-state index >= 15 is 0 Å². The van der Waals surface area contributed by atoms with Crippen LogP contribution in [0.3, 0.4) is 0 Å². The van der Waals surface area contributed by atoms with Crippen molar-refractivity contribution in [3.63, 3.8) is 0 Å². The highest BCUT2D eigenvalue weighted by Crippen LogP contribution is 2.24. The van der Waals surface area contributed by atoms with Crippen LogP contribution in [0.1, 0.15) is 15.9 Å². The van der Waals surface area contributed by atoms with Crippen LogP contribution >= 0.6 is 11.6 Å². The first kappa shape index (κ1) is 15.3. The standard InChI is InChI=1S/C15H13ClF2N2O/c1-19-15(21)9-2-4-12(16)14(7-9)20-8-10-6-11(17)3-5-13(10)18/h2-7,20H,8H2,1H3,(H,19,21). The maximum absolute atomic E-state index is 13.5. The zero-order chi connectivity index (χ0) is 15.4. The second kappa shape index (κ2) is 6.54. The Morgan fingerprint density at radius 1 is 1.19 bits per heavy atom. The molecule has 0 atom stereocenters. The Kier molecular flexibility index (Phi) is 4.75. The van der Waals surface area contributed by atoms with Crippen molar-refractivity contribution in [2.75, 3.05) is 12.4 Å². The lowest BCUT2D eigenvalue weighted by Gasteiger charge is -2.11. The Labute approximate surface area is 125 Å². The molecule has 0 aliphatic carbocycles. The van der Waals surface area contributed by atoms with Crippen LogP contribution in [0.4, 0.5) is 14.5 Å². The molecular weight excluding hydrogens is 298 g/mol. The lowest BCUT2D eigenvalue weighted by molar-refractivity contribution is 0.0963. The molecule has 0 aromatic heterocycles. The Hall–Kier alpha value is -2.14. The largest absolute Gasteiger partial charge is 0.380 e. The summed E-state index contributed by atoms with van der Waals surface area (Å²) in [4.78, 5) is 11.6. The van der Waals surface area contributed by atoms with Crippen molar-refractivity contribution in [3.05, 3.63) is 64.2 Å². The summed E-state index contributed by atoms with van der Waals surface area (Å²) < 4.78 is 26.6. The molecule has 0 saturated heterocycles. The van der Waals surface area contributed by atoms with E-state index in [1.165, 1.54) is 7.05 Å². The van der Waals surface area contributed by atoms with E-state index in [9.17, 15) is 13.6 Å². The predicted molar refractivity (Wildman–Crippen MR) is 78.5 cm³/mol. The number of nitrogens with one attached hydrogen (secondary N) is 2. The number of halogens is 3. The molecule has 110 valence electrons. The molecule has 0 heterocycles. The lowest BCUT2D eigenvalue weighted by atomic mass is 10.1. The van der Waals surface area contributed by atoms with Gasteiger partial charge in [-0.15, -0.1) is 0 Å². The predicted octanol–water partition coefficient (Wildman–Crippen LogP) is 3.59. The zero-order valence-corrected chi connectivity index (χ0v) is 12.0. The Morgan fingerprint density at radius 2 is 1.95 bits per heavy atom. The van der Waals surface area contributed by atoms with Gasteiger partial charge in [0.15, 0.2) is 0 Å². The third-order valence-electron chi connectivity index (χ3n) is 2.93. The van der Waals surface area contributed by atoms with Crippen LogP contribution in [0.15, 0.2) is 36.4 Å². The molecule has 0 aliphatic rings. The maximum Gasteiger partial charge on any atom is 0.251 e. The van der Waals surface area contributed by atoms with Gasteiger partial charge in [0.2, 0.25) is 0 Å². The van der Waals surface area contributed by atoms with Gasteiger partial charge >= 0.3 is 0 Å². The Balaban J connectivity index is 2.19. The van der Waals surface area contributed by atoms with Gasteiger partial charge in [0.05, 0.1) is 10.7 Å². The van der Waals surface area contributed by atoms with Gasteiger partial charge in [0.25, 0.3) is 5.91 Å². The first-order valence-corrected chi connectivity index (χ1v) is 6.58. The lowest BCUT2D eigenvalue weighted by Crippen LogP contribution is -2.17. The number of benzene rings is 2. The van der Waals surface area contributed by atoms with Crippen LogP contribution in [0.2, 0.25) is 5.02 Å². The molecule has 1 amide bonds. The Morgan fingerprint density at radius 3 is 2.67 bits per heavy atom. The zero-order valence-electron chi connectivity index (χ0n) is 11.2. The normalized spacial score (nSPS) is 10.3. The van der Waals surface area contributed by atoms with Gasteiger partial charge < -0.3 is 10.6 Å². The minimum Gasteiger partial charge on any atom is -0.380 e. The van der Waals surface area contributed by atoms with E-state index in [2.05, 4.69) is 10.6 Å². The van der Waals surface area contributed by atoms with E-state index in [1.54, 1.807) is 18.2 Å². The van der Waals surface area contributed by atoms with Crippen molar-refractivity contribution < 1.29 is 13.6 Å². The summed E-state index contributed by atoms with van der Waals surface area (Å²) >= 11 is 6.02. The SMILES string of the molecule is CNC(=O)c1ccc(Cl)c(NCc2cc(F)ccc2F)c1. The molecule has 0 aliphatic heterocycles. The maximum atomic E-state index is 13.5. The number of hydrogen-bond acceptors (Lipinski definition) is 2. The quantitative estimate of drug-likeness (QED) is 0.906. The number of carbonyl (C=O) groups is 1. The molecule has 0 spiro atoms. The summed E-state index contributed by atoms with van der Waals surface area (Å²) in [7, 11) is 1.52. The molecule has 2 N–H and O–H groups in total. The van der Waals surface area contributed by atoms with E-state index in [0.717, 1.165) is 18.2 Å². The molecule has 0 bridgehead atoms. The van der Waals surface area contributed by atoms with E-state index < -0.39 is 11.6 Å². The molecule has 0 unspecified atom stereocenters. The molecule has 2 aromatic rings. The number of hydrogen-bond donors (Lipinski definition) is 2. The van der Waals surface area contributed by atoms with Crippen molar-refractivity contribution in [3.8, 4) is 0 Å².